The highest BCUT2D eigenvalue weighted by Gasteiger charge is 2.15. The van der Waals surface area contributed by atoms with Crippen LogP contribution in [0, 0.1) is 0 Å². The minimum atomic E-state index is -0.164. The Balaban J connectivity index is 2.20. The van der Waals surface area contributed by atoms with Crippen molar-refractivity contribution >= 4 is 5.97 Å². The van der Waals surface area contributed by atoms with Gasteiger partial charge in [0.15, 0.2) is 0 Å². The molecule has 154 valence electrons. The lowest BCUT2D eigenvalue weighted by Crippen LogP contribution is -2.18. The molecular weight excluding hydrogens is 332 g/mol. The van der Waals surface area contributed by atoms with Gasteiger partial charge < -0.3 is 4.74 Å². The Kier molecular flexibility index (Phi) is 13.8. The first-order chi connectivity index (χ1) is 13.2. The van der Waals surface area contributed by atoms with Gasteiger partial charge in [-0.2, -0.15) is 0 Å². The van der Waals surface area contributed by atoms with Crippen molar-refractivity contribution < 1.29 is 9.53 Å². The number of carbonyl (C=O) groups is 1. The number of hydrogen-bond donors (Lipinski definition) is 0. The molecule has 1 aromatic rings. The quantitative estimate of drug-likeness (QED) is 0.217. The van der Waals surface area contributed by atoms with Crippen molar-refractivity contribution in [3.05, 3.63) is 35.4 Å². The Bertz CT molecular complexity index is 478. The SMILES string of the molecule is CCCCCCCCCCCCC(CCC)OC(=O)c1ccc(CC)cc1. The van der Waals surface area contributed by atoms with Crippen molar-refractivity contribution in [2.45, 2.75) is 117 Å². The van der Waals surface area contributed by atoms with Crippen LogP contribution in [0.5, 0.6) is 0 Å². The molecule has 1 rings (SSSR count). The molecule has 0 aliphatic rings. The number of benzene rings is 1. The molecule has 0 saturated heterocycles. The lowest BCUT2D eigenvalue weighted by molar-refractivity contribution is 0.0253. The number of esters is 1. The number of carbonyl (C=O) groups excluding carboxylic acids is 1. The second kappa shape index (κ2) is 15.7. The molecule has 0 aromatic heterocycles. The number of aryl methyl sites for hydroxylation is 1. The minimum Gasteiger partial charge on any atom is -0.459 e. The van der Waals surface area contributed by atoms with E-state index in [4.69, 9.17) is 4.74 Å². The van der Waals surface area contributed by atoms with Crippen LogP contribution in [0.1, 0.15) is 120 Å². The highest BCUT2D eigenvalue weighted by molar-refractivity contribution is 5.89. The van der Waals surface area contributed by atoms with Gasteiger partial charge in [0.05, 0.1) is 5.56 Å². The molecule has 2 nitrogen and oxygen atoms in total. The molecule has 0 bridgehead atoms. The molecular formula is C25H42O2. The van der Waals surface area contributed by atoms with Gasteiger partial charge in [-0.1, -0.05) is 97.1 Å². The van der Waals surface area contributed by atoms with Crippen LogP contribution in [0.3, 0.4) is 0 Å². The fraction of sp³-hybridized carbons (Fsp3) is 0.720. The van der Waals surface area contributed by atoms with Gasteiger partial charge in [0, 0.05) is 0 Å². The van der Waals surface area contributed by atoms with E-state index >= 15 is 0 Å². The zero-order valence-corrected chi connectivity index (χ0v) is 18.1. The van der Waals surface area contributed by atoms with Gasteiger partial charge >= 0.3 is 5.97 Å². The molecule has 0 spiro atoms. The second-order valence-corrected chi connectivity index (χ2v) is 7.84. The van der Waals surface area contributed by atoms with E-state index in [1.54, 1.807) is 0 Å². The highest BCUT2D eigenvalue weighted by atomic mass is 16.5. The first-order valence-electron chi connectivity index (χ1n) is 11.5. The van der Waals surface area contributed by atoms with Crippen LogP contribution in [0.25, 0.3) is 0 Å². The molecule has 1 atom stereocenters. The average Bonchev–Trinajstić information content (AvgIpc) is 2.69. The second-order valence-electron chi connectivity index (χ2n) is 7.84. The molecule has 0 radical (unpaired) electrons. The van der Waals surface area contributed by atoms with E-state index in [1.807, 2.05) is 24.3 Å². The molecule has 1 aromatic carbocycles. The Labute approximate surface area is 168 Å². The molecule has 0 aliphatic carbocycles. The van der Waals surface area contributed by atoms with E-state index in [1.165, 1.54) is 69.8 Å². The van der Waals surface area contributed by atoms with Crippen LogP contribution in [0.4, 0.5) is 0 Å². The van der Waals surface area contributed by atoms with Crippen LogP contribution < -0.4 is 0 Å². The van der Waals surface area contributed by atoms with Crippen LogP contribution >= 0.6 is 0 Å². The topological polar surface area (TPSA) is 26.3 Å². The third-order valence-electron chi connectivity index (χ3n) is 5.36. The monoisotopic (exact) mass is 374 g/mol. The Morgan fingerprint density at radius 3 is 1.81 bits per heavy atom. The minimum absolute atomic E-state index is 0.0717. The molecule has 0 heterocycles. The number of ether oxygens (including phenoxy) is 1. The summed E-state index contributed by atoms with van der Waals surface area (Å²) in [6, 6.07) is 7.83. The summed E-state index contributed by atoms with van der Waals surface area (Å²) in [5, 5.41) is 0. The molecule has 27 heavy (non-hydrogen) atoms. The van der Waals surface area contributed by atoms with Gasteiger partial charge in [-0.25, -0.2) is 4.79 Å². The van der Waals surface area contributed by atoms with E-state index in [-0.39, 0.29) is 12.1 Å². The fourth-order valence-corrected chi connectivity index (χ4v) is 3.54. The highest BCUT2D eigenvalue weighted by Crippen LogP contribution is 2.17. The van der Waals surface area contributed by atoms with Crippen molar-refractivity contribution in [1.82, 2.24) is 0 Å². The summed E-state index contributed by atoms with van der Waals surface area (Å²) in [6.07, 6.45) is 17.5. The van der Waals surface area contributed by atoms with Crippen LogP contribution in [-0.4, -0.2) is 12.1 Å². The molecule has 0 amide bonds. The maximum atomic E-state index is 12.4. The zero-order chi connectivity index (χ0) is 19.7. The van der Waals surface area contributed by atoms with Crippen LogP contribution in [0.15, 0.2) is 24.3 Å². The summed E-state index contributed by atoms with van der Waals surface area (Å²) in [7, 11) is 0. The summed E-state index contributed by atoms with van der Waals surface area (Å²) >= 11 is 0. The molecule has 2 heteroatoms. The summed E-state index contributed by atoms with van der Waals surface area (Å²) in [5.74, 6) is -0.164. The summed E-state index contributed by atoms with van der Waals surface area (Å²) in [4.78, 5) is 12.4. The van der Waals surface area contributed by atoms with Crippen molar-refractivity contribution in [3.63, 3.8) is 0 Å². The lowest BCUT2D eigenvalue weighted by atomic mass is 10.0. The fourth-order valence-electron chi connectivity index (χ4n) is 3.54. The van der Waals surface area contributed by atoms with Crippen molar-refractivity contribution in [3.8, 4) is 0 Å². The van der Waals surface area contributed by atoms with Crippen LogP contribution in [-0.2, 0) is 11.2 Å². The predicted octanol–water partition coefficient (Wildman–Crippen LogP) is 7.89. The Hall–Kier alpha value is -1.31. The van der Waals surface area contributed by atoms with Gasteiger partial charge in [-0.15, -0.1) is 0 Å². The maximum Gasteiger partial charge on any atom is 0.338 e. The van der Waals surface area contributed by atoms with Crippen molar-refractivity contribution in [2.75, 3.05) is 0 Å². The van der Waals surface area contributed by atoms with Crippen LogP contribution in [0.2, 0.25) is 0 Å². The Morgan fingerprint density at radius 1 is 0.741 bits per heavy atom. The Morgan fingerprint density at radius 2 is 1.30 bits per heavy atom. The lowest BCUT2D eigenvalue weighted by Gasteiger charge is -2.17. The van der Waals surface area contributed by atoms with E-state index in [0.29, 0.717) is 5.56 Å². The first kappa shape index (κ1) is 23.7. The van der Waals surface area contributed by atoms with E-state index in [9.17, 15) is 4.79 Å². The molecule has 0 saturated carbocycles. The van der Waals surface area contributed by atoms with Gasteiger partial charge in [0.25, 0.3) is 0 Å². The molecule has 0 N–H and O–H groups in total. The first-order valence-corrected chi connectivity index (χ1v) is 11.5. The van der Waals surface area contributed by atoms with E-state index in [2.05, 4.69) is 20.8 Å². The van der Waals surface area contributed by atoms with Crippen molar-refractivity contribution in [2.24, 2.45) is 0 Å². The molecule has 1 unspecified atom stereocenters. The maximum absolute atomic E-state index is 12.4. The summed E-state index contributed by atoms with van der Waals surface area (Å²) in [5.41, 5.74) is 1.93. The largest absolute Gasteiger partial charge is 0.459 e. The zero-order valence-electron chi connectivity index (χ0n) is 18.1. The smallest absolute Gasteiger partial charge is 0.338 e. The molecule has 0 aliphatic heterocycles. The number of unbranched alkanes of at least 4 members (excludes halogenated alkanes) is 9. The van der Waals surface area contributed by atoms with Gasteiger partial charge in [-0.3, -0.25) is 0 Å². The number of hydrogen-bond acceptors (Lipinski definition) is 2. The third kappa shape index (κ3) is 11.2. The van der Waals surface area contributed by atoms with E-state index in [0.717, 1.165) is 25.7 Å². The van der Waals surface area contributed by atoms with Gasteiger partial charge in [0.1, 0.15) is 6.10 Å². The molecule has 0 fully saturated rings. The van der Waals surface area contributed by atoms with Crippen molar-refractivity contribution in [1.29, 1.82) is 0 Å². The summed E-state index contributed by atoms with van der Waals surface area (Å²) in [6.45, 7) is 6.55. The standard InChI is InChI=1S/C25H42O2/c1-4-7-8-9-10-11-12-13-14-15-17-24(16-5-2)27-25(26)23-20-18-22(6-3)19-21-23/h18-21,24H,4-17H2,1-3H3. The predicted molar refractivity (Wildman–Crippen MR) is 116 cm³/mol. The average molecular weight is 375 g/mol. The normalized spacial score (nSPS) is 12.1. The van der Waals surface area contributed by atoms with E-state index < -0.39 is 0 Å². The van der Waals surface area contributed by atoms with Gasteiger partial charge in [-0.05, 0) is 43.4 Å². The summed E-state index contributed by atoms with van der Waals surface area (Å²) < 4.78 is 5.79. The third-order valence-corrected chi connectivity index (χ3v) is 5.36. The number of rotatable bonds is 16. The van der Waals surface area contributed by atoms with Gasteiger partial charge in [0.2, 0.25) is 0 Å².